The second-order valence-corrected chi connectivity index (χ2v) is 3.73. The second-order valence-electron chi connectivity index (χ2n) is 3.73. The number of nitrogens with two attached hydrogens (primary N) is 1. The van der Waals surface area contributed by atoms with Crippen LogP contribution in [-0.4, -0.2) is 23.6 Å². The zero-order valence-electron chi connectivity index (χ0n) is 9.40. The molecule has 1 aromatic heterocycles. The lowest BCUT2D eigenvalue weighted by Crippen LogP contribution is -2.32. The van der Waals surface area contributed by atoms with Gasteiger partial charge in [0.15, 0.2) is 11.5 Å². The first-order chi connectivity index (χ1) is 7.63. The molecule has 1 aromatic rings. The van der Waals surface area contributed by atoms with E-state index >= 15 is 0 Å². The van der Waals surface area contributed by atoms with Crippen molar-refractivity contribution in [3.8, 4) is 0 Å². The van der Waals surface area contributed by atoms with Crippen LogP contribution in [0.3, 0.4) is 0 Å². The molecule has 0 spiro atoms. The van der Waals surface area contributed by atoms with Crippen molar-refractivity contribution in [1.82, 2.24) is 9.97 Å². The normalized spacial score (nSPS) is 14.1. The van der Waals surface area contributed by atoms with Crippen molar-refractivity contribution in [2.24, 2.45) is 0 Å². The van der Waals surface area contributed by atoms with E-state index in [0.717, 1.165) is 13.0 Å². The zero-order chi connectivity index (χ0) is 11.7. The summed E-state index contributed by atoms with van der Waals surface area (Å²) in [5, 5.41) is 0. The van der Waals surface area contributed by atoms with Crippen LogP contribution >= 0.6 is 0 Å². The third kappa shape index (κ3) is 1.62. The fourth-order valence-corrected chi connectivity index (χ4v) is 1.74. The fourth-order valence-electron chi connectivity index (χ4n) is 1.74. The summed E-state index contributed by atoms with van der Waals surface area (Å²) in [6.45, 7) is 2.88. The molecule has 0 aromatic carbocycles. The maximum atomic E-state index is 11.8. The van der Waals surface area contributed by atoms with Crippen LogP contribution in [0.15, 0.2) is 17.2 Å². The Morgan fingerprint density at radius 2 is 2.25 bits per heavy atom. The number of anilines is 3. The van der Waals surface area contributed by atoms with Gasteiger partial charge in [-0.15, -0.1) is 0 Å². The van der Waals surface area contributed by atoms with Gasteiger partial charge in [-0.25, -0.2) is 0 Å². The van der Waals surface area contributed by atoms with Crippen molar-refractivity contribution in [3.05, 3.63) is 22.8 Å². The van der Waals surface area contributed by atoms with Crippen LogP contribution in [0.2, 0.25) is 0 Å². The largest absolute Gasteiger partial charge is 0.369 e. The molecule has 6 nitrogen and oxygen atoms in total. The van der Waals surface area contributed by atoms with E-state index < -0.39 is 0 Å². The van der Waals surface area contributed by atoms with E-state index in [9.17, 15) is 4.79 Å². The Labute approximate surface area is 93.4 Å². The minimum Gasteiger partial charge on any atom is -0.369 e. The number of hydrogen-bond acceptors (Lipinski definition) is 5. The van der Waals surface area contributed by atoms with Gasteiger partial charge in [-0.2, -0.15) is 4.98 Å². The maximum Gasteiger partial charge on any atom is 0.278 e. The molecule has 0 fully saturated rings. The molecule has 0 saturated heterocycles. The van der Waals surface area contributed by atoms with Gasteiger partial charge >= 0.3 is 0 Å². The monoisotopic (exact) mass is 221 g/mol. The van der Waals surface area contributed by atoms with Crippen molar-refractivity contribution in [2.45, 2.75) is 13.3 Å². The molecule has 16 heavy (non-hydrogen) atoms. The lowest BCUT2D eigenvalue weighted by atomic mass is 10.3. The summed E-state index contributed by atoms with van der Waals surface area (Å²) in [5.41, 5.74) is 5.87. The number of aromatic nitrogens is 2. The number of fused-ring (bicyclic) bond motifs is 1. The van der Waals surface area contributed by atoms with Crippen molar-refractivity contribution < 1.29 is 0 Å². The predicted molar refractivity (Wildman–Crippen MR) is 64.5 cm³/mol. The molecule has 0 unspecified atom stereocenters. The topological polar surface area (TPSA) is 78.2 Å². The van der Waals surface area contributed by atoms with E-state index in [1.165, 1.54) is 0 Å². The second kappa shape index (κ2) is 3.88. The van der Waals surface area contributed by atoms with E-state index in [4.69, 9.17) is 5.73 Å². The highest BCUT2D eigenvalue weighted by Crippen LogP contribution is 2.27. The SMILES string of the molecule is CCCN1C=CN(C)c2c1nc(N)[nH]c2=O. The van der Waals surface area contributed by atoms with Gasteiger partial charge in [-0.1, -0.05) is 6.92 Å². The molecule has 1 aliphatic rings. The van der Waals surface area contributed by atoms with Crippen LogP contribution in [0.5, 0.6) is 0 Å². The van der Waals surface area contributed by atoms with Crippen LogP contribution in [0.1, 0.15) is 13.3 Å². The summed E-state index contributed by atoms with van der Waals surface area (Å²) in [6, 6.07) is 0. The van der Waals surface area contributed by atoms with Gasteiger partial charge in [0, 0.05) is 26.0 Å². The number of H-pyrrole nitrogens is 1. The van der Waals surface area contributed by atoms with Crippen LogP contribution in [0.25, 0.3) is 0 Å². The standard InChI is InChI=1S/C10H15N5O/c1-3-4-15-6-5-14(2)7-8(15)12-10(11)13-9(7)16/h5-6H,3-4H2,1-2H3,(H3,11,12,13,16). The first kappa shape index (κ1) is 10.5. The molecular formula is C10H15N5O. The van der Waals surface area contributed by atoms with E-state index in [0.29, 0.717) is 11.5 Å². The Hall–Kier alpha value is -1.98. The minimum absolute atomic E-state index is 0.147. The average Bonchev–Trinajstić information content (AvgIpc) is 2.21. The highest BCUT2D eigenvalue weighted by molar-refractivity contribution is 5.71. The lowest BCUT2D eigenvalue weighted by molar-refractivity contribution is 0.845. The molecule has 0 atom stereocenters. The molecule has 0 amide bonds. The minimum atomic E-state index is -0.213. The van der Waals surface area contributed by atoms with Gasteiger partial charge in [0.2, 0.25) is 5.95 Å². The van der Waals surface area contributed by atoms with Crippen molar-refractivity contribution in [3.63, 3.8) is 0 Å². The summed E-state index contributed by atoms with van der Waals surface area (Å²) in [4.78, 5) is 22.1. The molecule has 2 rings (SSSR count). The molecule has 3 N–H and O–H groups in total. The molecule has 6 heteroatoms. The summed E-state index contributed by atoms with van der Waals surface area (Å²) >= 11 is 0. The van der Waals surface area contributed by atoms with Gasteiger partial charge in [0.1, 0.15) is 0 Å². The van der Waals surface area contributed by atoms with E-state index in [-0.39, 0.29) is 11.5 Å². The summed E-state index contributed by atoms with van der Waals surface area (Å²) in [5.74, 6) is 0.765. The Bertz CT molecular complexity index is 479. The van der Waals surface area contributed by atoms with E-state index in [1.807, 2.05) is 24.3 Å². The lowest BCUT2D eigenvalue weighted by Gasteiger charge is -2.29. The number of hydrogen-bond donors (Lipinski definition) is 2. The van der Waals surface area contributed by atoms with Crippen molar-refractivity contribution in [2.75, 3.05) is 29.1 Å². The van der Waals surface area contributed by atoms with Gasteiger partial charge < -0.3 is 15.5 Å². The smallest absolute Gasteiger partial charge is 0.278 e. The predicted octanol–water partition coefficient (Wildman–Crippen LogP) is 0.489. The zero-order valence-corrected chi connectivity index (χ0v) is 9.40. The van der Waals surface area contributed by atoms with Crippen molar-refractivity contribution in [1.29, 1.82) is 0 Å². The molecule has 1 aliphatic heterocycles. The van der Waals surface area contributed by atoms with E-state index in [2.05, 4.69) is 16.9 Å². The molecule has 0 bridgehead atoms. The third-order valence-corrected chi connectivity index (χ3v) is 2.45. The number of aromatic amines is 1. The van der Waals surface area contributed by atoms with Crippen molar-refractivity contribution >= 4 is 17.5 Å². The molecule has 2 heterocycles. The number of rotatable bonds is 2. The van der Waals surface area contributed by atoms with Gasteiger partial charge in [0.05, 0.1) is 0 Å². The summed E-state index contributed by atoms with van der Waals surface area (Å²) < 4.78 is 0. The highest BCUT2D eigenvalue weighted by atomic mass is 16.1. The first-order valence-electron chi connectivity index (χ1n) is 5.21. The highest BCUT2D eigenvalue weighted by Gasteiger charge is 2.21. The Morgan fingerprint density at radius 3 is 2.94 bits per heavy atom. The first-order valence-corrected chi connectivity index (χ1v) is 5.21. The molecule has 0 radical (unpaired) electrons. The van der Waals surface area contributed by atoms with Crippen LogP contribution in [-0.2, 0) is 0 Å². The molecule has 0 saturated carbocycles. The molecular weight excluding hydrogens is 206 g/mol. The van der Waals surface area contributed by atoms with Crippen LogP contribution < -0.4 is 21.1 Å². The number of nitrogens with one attached hydrogen (secondary N) is 1. The van der Waals surface area contributed by atoms with Gasteiger partial charge in [-0.05, 0) is 6.42 Å². The van der Waals surface area contributed by atoms with Gasteiger partial charge in [-0.3, -0.25) is 9.78 Å². The number of nitrogen functional groups attached to an aromatic ring is 1. The van der Waals surface area contributed by atoms with Gasteiger partial charge in [0.25, 0.3) is 5.56 Å². The van der Waals surface area contributed by atoms with Crippen LogP contribution in [0.4, 0.5) is 17.5 Å². The van der Waals surface area contributed by atoms with E-state index in [1.54, 1.807) is 4.90 Å². The molecule has 0 aliphatic carbocycles. The maximum absolute atomic E-state index is 11.8. The average molecular weight is 221 g/mol. The summed E-state index contributed by atoms with van der Waals surface area (Å²) in [7, 11) is 1.81. The molecule has 86 valence electrons. The Morgan fingerprint density at radius 1 is 1.50 bits per heavy atom. The third-order valence-electron chi connectivity index (χ3n) is 2.45. The quantitative estimate of drug-likeness (QED) is 0.760. The Kier molecular flexibility index (Phi) is 2.55. The fraction of sp³-hybridized carbons (Fsp3) is 0.400. The summed E-state index contributed by atoms with van der Waals surface area (Å²) in [6.07, 6.45) is 4.71. The van der Waals surface area contributed by atoms with Crippen LogP contribution in [0, 0.1) is 0 Å². The number of nitrogens with zero attached hydrogens (tertiary/aromatic N) is 3. The Balaban J connectivity index is 2.56.